The molecule has 0 N–H and O–H groups in total. The Morgan fingerprint density at radius 2 is 1.56 bits per heavy atom. The predicted molar refractivity (Wildman–Crippen MR) is 72.9 cm³/mol. The van der Waals surface area contributed by atoms with Crippen LogP contribution in [0, 0.1) is 0 Å². The molecule has 7 heteroatoms. The maximum Gasteiger partial charge on any atom is 0.237 e. The molecule has 0 aromatic carbocycles. The first-order valence-corrected chi connectivity index (χ1v) is 7.94. The van der Waals surface area contributed by atoms with Gasteiger partial charge in [0.2, 0.25) is 15.9 Å². The van der Waals surface area contributed by atoms with E-state index in [2.05, 4.69) is 0 Å². The smallest absolute Gasteiger partial charge is 0.237 e. The zero-order chi connectivity index (χ0) is 14.3. The first-order chi connectivity index (χ1) is 8.22. The van der Waals surface area contributed by atoms with Gasteiger partial charge < -0.3 is 9.80 Å². The number of carbonyl (C=O) groups excluding carboxylic acids is 1. The fourth-order valence-corrected chi connectivity index (χ4v) is 2.26. The highest BCUT2D eigenvalue weighted by Gasteiger charge is 2.22. The van der Waals surface area contributed by atoms with Crippen molar-refractivity contribution < 1.29 is 13.2 Å². The van der Waals surface area contributed by atoms with Crippen LogP contribution in [0.4, 0.5) is 0 Å². The van der Waals surface area contributed by atoms with Gasteiger partial charge in [0.15, 0.2) is 0 Å². The second-order valence-corrected chi connectivity index (χ2v) is 6.45. The lowest BCUT2D eigenvalue weighted by atomic mass is 10.4. The summed E-state index contributed by atoms with van der Waals surface area (Å²) in [7, 11) is 0.389. The Kier molecular flexibility index (Phi) is 7.42. The molecule has 0 heterocycles. The minimum Gasteiger partial charge on any atom is -0.342 e. The van der Waals surface area contributed by atoms with Crippen molar-refractivity contribution in [3.8, 4) is 0 Å². The van der Waals surface area contributed by atoms with Crippen LogP contribution in [0.2, 0.25) is 0 Å². The van der Waals surface area contributed by atoms with Crippen LogP contribution in [0.25, 0.3) is 0 Å². The molecule has 0 saturated carbocycles. The molecule has 0 atom stereocenters. The monoisotopic (exact) mass is 279 g/mol. The summed E-state index contributed by atoms with van der Waals surface area (Å²) >= 11 is 0. The molecule has 0 rings (SSSR count). The van der Waals surface area contributed by atoms with E-state index in [4.69, 9.17) is 0 Å². The maximum absolute atomic E-state index is 11.9. The molecule has 18 heavy (non-hydrogen) atoms. The molecule has 0 saturated heterocycles. The van der Waals surface area contributed by atoms with Gasteiger partial charge in [-0.05, 0) is 27.9 Å². The molecule has 0 aromatic rings. The van der Waals surface area contributed by atoms with Gasteiger partial charge in [-0.25, -0.2) is 8.42 Å². The highest BCUT2D eigenvalue weighted by molar-refractivity contribution is 7.88. The van der Waals surface area contributed by atoms with Crippen LogP contribution < -0.4 is 0 Å². The van der Waals surface area contributed by atoms with E-state index in [9.17, 15) is 13.2 Å². The summed E-state index contributed by atoms with van der Waals surface area (Å²) in [6, 6.07) is 0. The van der Waals surface area contributed by atoms with Gasteiger partial charge in [0, 0.05) is 26.2 Å². The Hall–Kier alpha value is -0.660. The molecule has 0 radical (unpaired) electrons. The van der Waals surface area contributed by atoms with Gasteiger partial charge in [0.1, 0.15) is 0 Å². The van der Waals surface area contributed by atoms with E-state index in [0.29, 0.717) is 26.2 Å². The van der Waals surface area contributed by atoms with E-state index < -0.39 is 10.0 Å². The van der Waals surface area contributed by atoms with E-state index in [1.165, 1.54) is 4.31 Å². The van der Waals surface area contributed by atoms with Crippen LogP contribution in [0.5, 0.6) is 0 Å². The first-order valence-electron chi connectivity index (χ1n) is 6.10. The Bertz CT molecular complexity index is 351. The lowest BCUT2D eigenvalue weighted by Gasteiger charge is -2.25. The zero-order valence-electron chi connectivity index (χ0n) is 12.0. The normalized spacial score (nSPS) is 12.2. The number of carbonyl (C=O) groups is 1. The van der Waals surface area contributed by atoms with Crippen LogP contribution >= 0.6 is 0 Å². The second kappa shape index (κ2) is 7.70. The van der Waals surface area contributed by atoms with Gasteiger partial charge in [-0.15, -0.1) is 0 Å². The zero-order valence-corrected chi connectivity index (χ0v) is 12.8. The van der Waals surface area contributed by atoms with Gasteiger partial charge in [0.05, 0.1) is 12.8 Å². The Balaban J connectivity index is 4.65. The van der Waals surface area contributed by atoms with Gasteiger partial charge in [0.25, 0.3) is 0 Å². The molecule has 0 fully saturated rings. The predicted octanol–water partition coefficient (Wildman–Crippen LogP) is -0.322. The van der Waals surface area contributed by atoms with Crippen LogP contribution in [0.3, 0.4) is 0 Å². The molecule has 0 aliphatic heterocycles. The Labute approximate surface area is 111 Å². The number of rotatable bonds is 8. The van der Waals surface area contributed by atoms with Crippen molar-refractivity contribution in [2.75, 3.05) is 53.1 Å². The average Bonchev–Trinajstić information content (AvgIpc) is 2.23. The standard InChI is InChI=1S/C11H25N3O3S/c1-6-13(7-2)11(15)10-14(18(5,16)17)9-8-12(3)4/h6-10H2,1-5H3. The summed E-state index contributed by atoms with van der Waals surface area (Å²) in [6.07, 6.45) is 1.14. The third kappa shape index (κ3) is 6.32. The molecule has 0 spiro atoms. The lowest BCUT2D eigenvalue weighted by Crippen LogP contribution is -2.44. The molecule has 0 aliphatic rings. The molecular formula is C11H25N3O3S. The molecule has 1 amide bonds. The minimum atomic E-state index is -3.35. The summed E-state index contributed by atoms with van der Waals surface area (Å²) in [4.78, 5) is 15.4. The number of nitrogens with zero attached hydrogens (tertiary/aromatic N) is 3. The summed E-state index contributed by atoms with van der Waals surface area (Å²) in [6.45, 7) is 5.81. The van der Waals surface area contributed by atoms with Crippen molar-refractivity contribution in [2.45, 2.75) is 13.8 Å². The van der Waals surface area contributed by atoms with E-state index in [1.54, 1.807) is 4.90 Å². The molecule has 0 bridgehead atoms. The summed E-state index contributed by atoms with van der Waals surface area (Å²) in [5.41, 5.74) is 0. The third-order valence-electron chi connectivity index (χ3n) is 2.69. The van der Waals surface area contributed by atoms with Crippen LogP contribution in [-0.2, 0) is 14.8 Å². The third-order valence-corrected chi connectivity index (χ3v) is 3.94. The van der Waals surface area contributed by atoms with Crippen LogP contribution in [-0.4, -0.2) is 81.5 Å². The second-order valence-electron chi connectivity index (χ2n) is 4.47. The van der Waals surface area contributed by atoms with Crippen molar-refractivity contribution in [3.63, 3.8) is 0 Å². The topological polar surface area (TPSA) is 60.9 Å². The van der Waals surface area contributed by atoms with Crippen molar-refractivity contribution in [1.82, 2.24) is 14.1 Å². The molecule has 6 nitrogen and oxygen atoms in total. The summed E-state index contributed by atoms with van der Waals surface area (Å²) in [5, 5.41) is 0. The fourth-order valence-electron chi connectivity index (χ4n) is 1.50. The molecule has 0 aliphatic carbocycles. The number of likely N-dealkylation sites (N-methyl/N-ethyl adjacent to an activating group) is 2. The average molecular weight is 279 g/mol. The number of amides is 1. The van der Waals surface area contributed by atoms with E-state index >= 15 is 0 Å². The van der Waals surface area contributed by atoms with Gasteiger partial charge in [-0.1, -0.05) is 0 Å². The Morgan fingerprint density at radius 3 is 1.89 bits per heavy atom. The van der Waals surface area contributed by atoms with Gasteiger partial charge in [-0.3, -0.25) is 4.79 Å². The summed E-state index contributed by atoms with van der Waals surface area (Å²) < 4.78 is 24.5. The molecule has 108 valence electrons. The highest BCUT2D eigenvalue weighted by atomic mass is 32.2. The SMILES string of the molecule is CCN(CC)C(=O)CN(CCN(C)C)S(C)(=O)=O. The van der Waals surface area contributed by atoms with Crippen molar-refractivity contribution in [1.29, 1.82) is 0 Å². The summed E-state index contributed by atoms with van der Waals surface area (Å²) in [5.74, 6) is -0.149. The van der Waals surface area contributed by atoms with Crippen molar-refractivity contribution in [3.05, 3.63) is 0 Å². The molecular weight excluding hydrogens is 254 g/mol. The van der Waals surface area contributed by atoms with Crippen molar-refractivity contribution >= 4 is 15.9 Å². The van der Waals surface area contributed by atoms with E-state index in [1.807, 2.05) is 32.8 Å². The first kappa shape index (κ1) is 17.3. The van der Waals surface area contributed by atoms with E-state index in [0.717, 1.165) is 6.26 Å². The quantitative estimate of drug-likeness (QED) is 0.611. The van der Waals surface area contributed by atoms with E-state index in [-0.39, 0.29) is 12.5 Å². The van der Waals surface area contributed by atoms with Crippen molar-refractivity contribution in [2.24, 2.45) is 0 Å². The highest BCUT2D eigenvalue weighted by Crippen LogP contribution is 2.00. The van der Waals surface area contributed by atoms with Gasteiger partial charge >= 0.3 is 0 Å². The molecule has 0 aromatic heterocycles. The maximum atomic E-state index is 11.9. The lowest BCUT2D eigenvalue weighted by molar-refractivity contribution is -0.131. The fraction of sp³-hybridized carbons (Fsp3) is 0.909. The van der Waals surface area contributed by atoms with Gasteiger partial charge in [-0.2, -0.15) is 4.31 Å². The number of hydrogen-bond acceptors (Lipinski definition) is 4. The number of sulfonamides is 1. The van der Waals surface area contributed by atoms with Crippen LogP contribution in [0.1, 0.15) is 13.8 Å². The molecule has 0 unspecified atom stereocenters. The number of hydrogen-bond donors (Lipinski definition) is 0. The van der Waals surface area contributed by atoms with Crippen LogP contribution in [0.15, 0.2) is 0 Å². The largest absolute Gasteiger partial charge is 0.342 e. The minimum absolute atomic E-state index is 0.0750. The Morgan fingerprint density at radius 1 is 1.06 bits per heavy atom.